The normalized spacial score (nSPS) is 20.8. The zero-order valence-electron chi connectivity index (χ0n) is 9.45. The highest BCUT2D eigenvalue weighted by atomic mass is 16.6. The summed E-state index contributed by atoms with van der Waals surface area (Å²) in [4.78, 5) is 16.1. The standard InChI is InChI=1S/C10H18N2O3/c1-10(2,11)8-6-7(15-12-8)4-5-9(13)14-3/h7H,4-6,11H2,1-3H3. The van der Waals surface area contributed by atoms with Crippen molar-refractivity contribution < 1.29 is 14.4 Å². The molecule has 0 spiro atoms. The van der Waals surface area contributed by atoms with Gasteiger partial charge in [0, 0.05) is 12.8 Å². The number of esters is 1. The molecule has 1 heterocycles. The second-order valence-electron chi connectivity index (χ2n) is 4.31. The molecule has 2 N–H and O–H groups in total. The van der Waals surface area contributed by atoms with Crippen LogP contribution in [0.5, 0.6) is 0 Å². The lowest BCUT2D eigenvalue weighted by Gasteiger charge is -2.16. The van der Waals surface area contributed by atoms with Gasteiger partial charge < -0.3 is 15.3 Å². The number of rotatable bonds is 4. The first-order valence-electron chi connectivity index (χ1n) is 5.02. The predicted molar refractivity (Wildman–Crippen MR) is 56.4 cm³/mol. The van der Waals surface area contributed by atoms with Gasteiger partial charge in [0.25, 0.3) is 0 Å². The van der Waals surface area contributed by atoms with Gasteiger partial charge >= 0.3 is 5.97 Å². The van der Waals surface area contributed by atoms with Gasteiger partial charge in [0.15, 0.2) is 0 Å². The van der Waals surface area contributed by atoms with Crippen LogP contribution in [0.15, 0.2) is 5.16 Å². The molecule has 1 aliphatic heterocycles. The predicted octanol–water partition coefficient (Wildman–Crippen LogP) is 0.822. The molecule has 1 aliphatic rings. The lowest BCUT2D eigenvalue weighted by molar-refractivity contribution is -0.141. The van der Waals surface area contributed by atoms with Gasteiger partial charge in [-0.1, -0.05) is 5.16 Å². The molecule has 0 saturated carbocycles. The van der Waals surface area contributed by atoms with E-state index in [0.717, 1.165) is 5.71 Å². The molecule has 5 heteroatoms. The molecule has 1 rings (SSSR count). The second kappa shape index (κ2) is 4.61. The number of ether oxygens (including phenoxy) is 1. The van der Waals surface area contributed by atoms with E-state index < -0.39 is 5.54 Å². The molecule has 15 heavy (non-hydrogen) atoms. The molecule has 0 aliphatic carbocycles. The molecular formula is C10H18N2O3. The number of carbonyl (C=O) groups excluding carboxylic acids is 1. The highest BCUT2D eigenvalue weighted by Gasteiger charge is 2.29. The summed E-state index contributed by atoms with van der Waals surface area (Å²) in [7, 11) is 1.38. The van der Waals surface area contributed by atoms with Crippen molar-refractivity contribution in [1.82, 2.24) is 0 Å². The second-order valence-corrected chi connectivity index (χ2v) is 4.31. The Morgan fingerprint density at radius 1 is 1.73 bits per heavy atom. The Morgan fingerprint density at radius 3 is 2.87 bits per heavy atom. The molecule has 1 atom stereocenters. The largest absolute Gasteiger partial charge is 0.469 e. The van der Waals surface area contributed by atoms with Crippen molar-refractivity contribution in [3.8, 4) is 0 Å². The third-order valence-corrected chi connectivity index (χ3v) is 2.37. The number of hydrogen-bond acceptors (Lipinski definition) is 5. The fourth-order valence-electron chi connectivity index (χ4n) is 1.34. The maximum absolute atomic E-state index is 10.9. The zero-order valence-corrected chi connectivity index (χ0v) is 9.45. The van der Waals surface area contributed by atoms with E-state index in [1.165, 1.54) is 7.11 Å². The molecule has 1 unspecified atom stereocenters. The van der Waals surface area contributed by atoms with Crippen LogP contribution in [0.25, 0.3) is 0 Å². The van der Waals surface area contributed by atoms with Crippen LogP contribution in [0.2, 0.25) is 0 Å². The van der Waals surface area contributed by atoms with Crippen molar-refractivity contribution in [2.45, 2.75) is 44.8 Å². The van der Waals surface area contributed by atoms with E-state index in [4.69, 9.17) is 10.6 Å². The number of nitrogens with zero attached hydrogens (tertiary/aromatic N) is 1. The maximum Gasteiger partial charge on any atom is 0.305 e. The summed E-state index contributed by atoms with van der Waals surface area (Å²) < 4.78 is 4.55. The smallest absolute Gasteiger partial charge is 0.305 e. The number of nitrogens with two attached hydrogens (primary N) is 1. The molecule has 0 radical (unpaired) electrons. The van der Waals surface area contributed by atoms with Gasteiger partial charge in [-0.25, -0.2) is 0 Å². The number of methoxy groups -OCH3 is 1. The molecule has 0 fully saturated rings. The fourth-order valence-corrected chi connectivity index (χ4v) is 1.34. The third kappa shape index (κ3) is 3.51. The Hall–Kier alpha value is -1.10. The minimum absolute atomic E-state index is 0.0399. The number of carbonyl (C=O) groups is 1. The molecule has 0 aromatic rings. The van der Waals surface area contributed by atoms with Crippen molar-refractivity contribution in [3.63, 3.8) is 0 Å². The van der Waals surface area contributed by atoms with Gasteiger partial charge in [0.1, 0.15) is 6.10 Å². The molecule has 0 amide bonds. The summed E-state index contributed by atoms with van der Waals surface area (Å²) in [5, 5.41) is 3.93. The van der Waals surface area contributed by atoms with E-state index in [1.807, 2.05) is 13.8 Å². The van der Waals surface area contributed by atoms with Crippen LogP contribution in [-0.4, -0.2) is 30.4 Å². The van der Waals surface area contributed by atoms with Crippen LogP contribution in [0.4, 0.5) is 0 Å². The van der Waals surface area contributed by atoms with E-state index in [0.29, 0.717) is 19.3 Å². The van der Waals surface area contributed by atoms with Crippen LogP contribution in [0.1, 0.15) is 33.1 Å². The Kier molecular flexibility index (Phi) is 3.68. The molecule has 86 valence electrons. The van der Waals surface area contributed by atoms with Gasteiger partial charge in [-0.15, -0.1) is 0 Å². The Bertz CT molecular complexity index is 268. The summed E-state index contributed by atoms with van der Waals surface area (Å²) in [6.45, 7) is 3.77. The minimum atomic E-state index is -0.444. The van der Waals surface area contributed by atoms with Crippen LogP contribution < -0.4 is 5.73 Å². The summed E-state index contributed by atoms with van der Waals surface area (Å²) in [6, 6.07) is 0. The van der Waals surface area contributed by atoms with Crippen molar-refractivity contribution in [1.29, 1.82) is 0 Å². The van der Waals surface area contributed by atoms with Crippen molar-refractivity contribution in [2.75, 3.05) is 7.11 Å². The molecule has 0 aromatic heterocycles. The molecule has 5 nitrogen and oxygen atoms in total. The molecule has 0 saturated heterocycles. The van der Waals surface area contributed by atoms with Crippen molar-refractivity contribution in [2.24, 2.45) is 10.9 Å². The zero-order chi connectivity index (χ0) is 11.5. The average molecular weight is 214 g/mol. The maximum atomic E-state index is 10.9. The average Bonchev–Trinajstić information content (AvgIpc) is 2.61. The van der Waals surface area contributed by atoms with Crippen LogP contribution in [-0.2, 0) is 14.4 Å². The van der Waals surface area contributed by atoms with Gasteiger partial charge in [-0.05, 0) is 20.3 Å². The molecular weight excluding hydrogens is 196 g/mol. The van der Waals surface area contributed by atoms with Crippen LogP contribution >= 0.6 is 0 Å². The Balaban J connectivity index is 2.32. The van der Waals surface area contributed by atoms with Gasteiger partial charge in [-0.3, -0.25) is 4.79 Å². The SMILES string of the molecule is COC(=O)CCC1CC(C(C)(C)N)=NO1. The summed E-state index contributed by atoms with van der Waals surface area (Å²) in [5.41, 5.74) is 6.28. The van der Waals surface area contributed by atoms with Crippen LogP contribution in [0.3, 0.4) is 0 Å². The monoisotopic (exact) mass is 214 g/mol. The lowest BCUT2D eigenvalue weighted by Crippen LogP contribution is -2.41. The quantitative estimate of drug-likeness (QED) is 0.703. The van der Waals surface area contributed by atoms with E-state index in [-0.39, 0.29) is 12.1 Å². The molecule has 0 aromatic carbocycles. The van der Waals surface area contributed by atoms with E-state index in [9.17, 15) is 4.79 Å². The minimum Gasteiger partial charge on any atom is -0.469 e. The van der Waals surface area contributed by atoms with E-state index in [1.54, 1.807) is 0 Å². The van der Waals surface area contributed by atoms with Gasteiger partial charge in [0.05, 0.1) is 18.4 Å². The lowest BCUT2D eigenvalue weighted by atomic mass is 9.94. The first kappa shape index (κ1) is 12.0. The van der Waals surface area contributed by atoms with E-state index in [2.05, 4.69) is 9.89 Å². The first-order chi connectivity index (χ1) is 6.93. The third-order valence-electron chi connectivity index (χ3n) is 2.37. The van der Waals surface area contributed by atoms with Crippen LogP contribution in [0, 0.1) is 0 Å². The topological polar surface area (TPSA) is 73.9 Å². The van der Waals surface area contributed by atoms with Gasteiger partial charge in [0.2, 0.25) is 0 Å². The number of hydrogen-bond donors (Lipinski definition) is 1. The van der Waals surface area contributed by atoms with Gasteiger partial charge in [-0.2, -0.15) is 0 Å². The highest BCUT2D eigenvalue weighted by molar-refractivity contribution is 5.93. The fraction of sp³-hybridized carbons (Fsp3) is 0.800. The highest BCUT2D eigenvalue weighted by Crippen LogP contribution is 2.20. The summed E-state index contributed by atoms with van der Waals surface area (Å²) in [6.07, 6.45) is 1.63. The molecule has 0 bridgehead atoms. The number of oxime groups is 1. The van der Waals surface area contributed by atoms with Crippen molar-refractivity contribution >= 4 is 11.7 Å². The van der Waals surface area contributed by atoms with E-state index >= 15 is 0 Å². The Morgan fingerprint density at radius 2 is 2.40 bits per heavy atom. The van der Waals surface area contributed by atoms with Crippen molar-refractivity contribution in [3.05, 3.63) is 0 Å². The summed E-state index contributed by atoms with van der Waals surface area (Å²) >= 11 is 0. The summed E-state index contributed by atoms with van der Waals surface area (Å²) in [5.74, 6) is -0.223. The Labute approximate surface area is 89.6 Å². The first-order valence-corrected chi connectivity index (χ1v) is 5.02.